The van der Waals surface area contributed by atoms with Crippen molar-refractivity contribution in [3.63, 3.8) is 0 Å². The molecule has 0 radical (unpaired) electrons. The fourth-order valence-electron chi connectivity index (χ4n) is 10.4. The smallest absolute Gasteiger partial charge is 0.334 e. The quantitative estimate of drug-likeness (QED) is 0.156. The third-order valence-corrected chi connectivity index (χ3v) is 12.0. The van der Waals surface area contributed by atoms with Crippen LogP contribution >= 0.6 is 0 Å². The first-order chi connectivity index (χ1) is 20.2. The SMILES string of the molecule is C=C1C(=O)O[C@H]2C[C@H](C)[C@@]34C[C@]5(C(=O)OC6CC(C)=C([C@H](C)CCCOC(C)=O)C(O)C65)[C@@H](C(C)=C3C[C@H]12)C4OC(C)=O. The molecule has 2 saturated heterocycles. The van der Waals surface area contributed by atoms with Crippen LogP contribution in [-0.2, 0) is 38.1 Å². The Labute approximate surface area is 253 Å². The van der Waals surface area contributed by atoms with E-state index in [0.29, 0.717) is 44.3 Å². The Balaban J connectivity index is 1.40. The molecule has 9 nitrogen and oxygen atoms in total. The second kappa shape index (κ2) is 10.3. The Kier molecular flexibility index (Phi) is 7.22. The van der Waals surface area contributed by atoms with Crippen molar-refractivity contribution in [2.45, 2.75) is 104 Å². The molecule has 2 saturated carbocycles. The molecule has 9 heteroatoms. The summed E-state index contributed by atoms with van der Waals surface area (Å²) >= 11 is 0. The fourth-order valence-corrected chi connectivity index (χ4v) is 10.4. The maximum absolute atomic E-state index is 14.2. The van der Waals surface area contributed by atoms with Crippen molar-refractivity contribution in [1.82, 2.24) is 0 Å². The molecule has 2 heterocycles. The van der Waals surface area contributed by atoms with Crippen LogP contribution in [0.3, 0.4) is 0 Å². The molecule has 6 aliphatic rings. The molecule has 43 heavy (non-hydrogen) atoms. The molecule has 6 rings (SSSR count). The summed E-state index contributed by atoms with van der Waals surface area (Å²) in [5.41, 5.74) is 2.89. The maximum Gasteiger partial charge on any atom is 0.334 e. The number of ether oxygens (including phenoxy) is 4. The molecule has 2 bridgehead atoms. The van der Waals surface area contributed by atoms with Crippen LogP contribution < -0.4 is 0 Å². The average molecular weight is 597 g/mol. The van der Waals surface area contributed by atoms with E-state index in [1.807, 2.05) is 13.8 Å². The number of aliphatic hydroxyl groups is 1. The molecular weight excluding hydrogens is 552 g/mol. The predicted octanol–water partition coefficient (Wildman–Crippen LogP) is 4.37. The molecule has 11 atom stereocenters. The number of hydrogen-bond donors (Lipinski definition) is 1. The molecule has 0 aromatic carbocycles. The van der Waals surface area contributed by atoms with E-state index in [-0.39, 0.29) is 41.8 Å². The normalized spacial score (nSPS) is 41.9. The highest BCUT2D eigenvalue weighted by molar-refractivity contribution is 5.91. The van der Waals surface area contributed by atoms with Crippen molar-refractivity contribution in [3.8, 4) is 0 Å². The number of esters is 4. The summed E-state index contributed by atoms with van der Waals surface area (Å²) in [6.45, 7) is 15.4. The molecule has 1 N–H and O–H groups in total. The van der Waals surface area contributed by atoms with Crippen molar-refractivity contribution in [1.29, 1.82) is 0 Å². The van der Waals surface area contributed by atoms with Crippen LogP contribution in [-0.4, -0.2) is 60.0 Å². The first-order valence-corrected chi connectivity index (χ1v) is 15.7. The number of rotatable bonds is 6. The van der Waals surface area contributed by atoms with Crippen LogP contribution in [0, 0.1) is 40.4 Å². The lowest BCUT2D eigenvalue weighted by molar-refractivity contribution is -0.156. The van der Waals surface area contributed by atoms with Crippen molar-refractivity contribution in [2.75, 3.05) is 6.61 Å². The molecule has 4 fully saturated rings. The molecule has 0 amide bonds. The number of carbonyl (C=O) groups is 4. The number of hydrogen-bond acceptors (Lipinski definition) is 9. The van der Waals surface area contributed by atoms with Gasteiger partial charge in [0, 0.05) is 49.0 Å². The van der Waals surface area contributed by atoms with E-state index >= 15 is 0 Å². The Morgan fingerprint density at radius 1 is 1.09 bits per heavy atom. The minimum atomic E-state index is -1.05. The number of aliphatic hydroxyl groups excluding tert-OH is 1. The highest BCUT2D eigenvalue weighted by Gasteiger charge is 2.79. The van der Waals surface area contributed by atoms with Gasteiger partial charge in [0.25, 0.3) is 0 Å². The van der Waals surface area contributed by atoms with Gasteiger partial charge in [-0.3, -0.25) is 14.4 Å². The minimum absolute atomic E-state index is 0.0179. The third-order valence-electron chi connectivity index (χ3n) is 12.0. The largest absolute Gasteiger partial charge is 0.466 e. The Morgan fingerprint density at radius 2 is 1.81 bits per heavy atom. The molecule has 4 unspecified atom stereocenters. The van der Waals surface area contributed by atoms with Crippen LogP contribution in [0.15, 0.2) is 34.4 Å². The molecule has 4 aliphatic carbocycles. The predicted molar refractivity (Wildman–Crippen MR) is 154 cm³/mol. The Hall–Kier alpha value is -2.94. The van der Waals surface area contributed by atoms with E-state index in [9.17, 15) is 24.3 Å². The second-order valence-electron chi connectivity index (χ2n) is 14.1. The van der Waals surface area contributed by atoms with Gasteiger partial charge in [0.15, 0.2) is 0 Å². The Bertz CT molecular complexity index is 1360. The van der Waals surface area contributed by atoms with Gasteiger partial charge in [0.1, 0.15) is 18.3 Å². The van der Waals surface area contributed by atoms with E-state index < -0.39 is 46.9 Å². The highest BCUT2D eigenvalue weighted by atomic mass is 16.6. The van der Waals surface area contributed by atoms with Crippen molar-refractivity contribution < 1.29 is 43.2 Å². The zero-order valence-electron chi connectivity index (χ0n) is 26.1. The van der Waals surface area contributed by atoms with Gasteiger partial charge in [-0.05, 0) is 63.4 Å². The molecular formula is C34H44O9. The van der Waals surface area contributed by atoms with E-state index in [1.165, 1.54) is 13.8 Å². The van der Waals surface area contributed by atoms with Gasteiger partial charge in [0.2, 0.25) is 0 Å². The highest BCUT2D eigenvalue weighted by Crippen LogP contribution is 2.76. The third kappa shape index (κ3) is 4.12. The van der Waals surface area contributed by atoms with Gasteiger partial charge in [-0.15, -0.1) is 0 Å². The van der Waals surface area contributed by atoms with Crippen LogP contribution in [0.4, 0.5) is 0 Å². The van der Waals surface area contributed by atoms with E-state index in [2.05, 4.69) is 20.4 Å². The van der Waals surface area contributed by atoms with Gasteiger partial charge < -0.3 is 24.1 Å². The lowest BCUT2D eigenvalue weighted by atomic mass is 9.55. The zero-order valence-corrected chi connectivity index (χ0v) is 26.1. The topological polar surface area (TPSA) is 125 Å². The number of fused-ring (bicyclic) bond motifs is 5. The van der Waals surface area contributed by atoms with E-state index in [4.69, 9.17) is 18.9 Å². The number of carbonyl (C=O) groups excluding carboxylic acids is 4. The van der Waals surface area contributed by atoms with Crippen LogP contribution in [0.5, 0.6) is 0 Å². The van der Waals surface area contributed by atoms with E-state index in [1.54, 1.807) is 0 Å². The molecule has 0 aromatic heterocycles. The lowest BCUT2D eigenvalue weighted by Crippen LogP contribution is -2.50. The zero-order chi connectivity index (χ0) is 31.2. The first kappa shape index (κ1) is 30.1. The lowest BCUT2D eigenvalue weighted by Gasteiger charge is -2.45. The first-order valence-electron chi connectivity index (χ1n) is 15.7. The standard InChI is InChI=1S/C34H44O9/c1-15(9-8-10-40-20(6)35)26-16(2)11-25-28(29(26)37)34(32(39)43-25)14-33-17(3)12-24-22(18(4)31(38)42-24)13-23(33)19(5)27(34)30(33)41-21(7)36/h15,17,22,24-25,27-30,37H,4,8-14H2,1-3,5-7H3/t15-,17+,22-,24+,25?,27+,28?,29?,30?,33+,34+/m1/s1. The van der Waals surface area contributed by atoms with E-state index in [0.717, 1.165) is 28.7 Å². The maximum atomic E-state index is 14.2. The molecule has 2 spiro atoms. The van der Waals surface area contributed by atoms with Gasteiger partial charge >= 0.3 is 23.9 Å². The van der Waals surface area contributed by atoms with Crippen molar-refractivity contribution in [2.24, 2.45) is 40.4 Å². The molecule has 2 aliphatic heterocycles. The summed E-state index contributed by atoms with van der Waals surface area (Å²) in [4.78, 5) is 50.6. The van der Waals surface area contributed by atoms with Gasteiger partial charge in [-0.2, -0.15) is 0 Å². The van der Waals surface area contributed by atoms with Crippen LogP contribution in [0.2, 0.25) is 0 Å². The monoisotopic (exact) mass is 596 g/mol. The van der Waals surface area contributed by atoms with Gasteiger partial charge in [-0.25, -0.2) is 4.79 Å². The average Bonchev–Trinajstić information content (AvgIpc) is 3.49. The van der Waals surface area contributed by atoms with Crippen molar-refractivity contribution in [3.05, 3.63) is 34.4 Å². The summed E-state index contributed by atoms with van der Waals surface area (Å²) in [6, 6.07) is 0. The van der Waals surface area contributed by atoms with Crippen LogP contribution in [0.25, 0.3) is 0 Å². The summed E-state index contributed by atoms with van der Waals surface area (Å²) in [5.74, 6) is -2.51. The van der Waals surface area contributed by atoms with Crippen LogP contribution in [0.1, 0.15) is 80.1 Å². The summed E-state index contributed by atoms with van der Waals surface area (Å²) < 4.78 is 23.3. The van der Waals surface area contributed by atoms with Crippen molar-refractivity contribution >= 4 is 23.9 Å². The minimum Gasteiger partial charge on any atom is -0.466 e. The molecule has 0 aromatic rings. The fraction of sp³-hybridized carbons (Fsp3) is 0.706. The summed E-state index contributed by atoms with van der Waals surface area (Å²) in [7, 11) is 0. The summed E-state index contributed by atoms with van der Waals surface area (Å²) in [5, 5.41) is 12.2. The summed E-state index contributed by atoms with van der Waals surface area (Å²) in [6.07, 6.45) is 1.25. The Morgan fingerprint density at radius 3 is 2.49 bits per heavy atom. The molecule has 234 valence electrons. The second-order valence-corrected chi connectivity index (χ2v) is 14.1. The van der Waals surface area contributed by atoms with Gasteiger partial charge in [-0.1, -0.05) is 37.1 Å². The van der Waals surface area contributed by atoms with Gasteiger partial charge in [0.05, 0.1) is 18.1 Å².